The second-order valence-electron chi connectivity index (χ2n) is 6.47. The Bertz CT molecular complexity index is 750. The molecule has 0 heterocycles. The second kappa shape index (κ2) is 7.49. The number of amides is 2. The lowest BCUT2D eigenvalue weighted by Crippen LogP contribution is -2.25. The van der Waals surface area contributed by atoms with Gasteiger partial charge in [0.05, 0.1) is 0 Å². The van der Waals surface area contributed by atoms with Crippen molar-refractivity contribution in [2.24, 2.45) is 5.73 Å². The van der Waals surface area contributed by atoms with Crippen molar-refractivity contribution < 1.29 is 9.59 Å². The lowest BCUT2D eigenvalue weighted by Gasteiger charge is -2.22. The number of nitrogens with one attached hydrogen (secondary N) is 1. The van der Waals surface area contributed by atoms with Crippen molar-refractivity contribution in [3.05, 3.63) is 70.8 Å². The average molecular weight is 337 g/mol. The van der Waals surface area contributed by atoms with E-state index in [1.165, 1.54) is 24.0 Å². The molecule has 5 heteroatoms. The highest BCUT2D eigenvalue weighted by atomic mass is 16.1. The summed E-state index contributed by atoms with van der Waals surface area (Å²) in [6.07, 6.45) is 2.44. The number of carbonyl (C=O) groups is 2. The van der Waals surface area contributed by atoms with Crippen molar-refractivity contribution in [1.82, 2.24) is 10.2 Å². The largest absolute Gasteiger partial charge is 0.366 e. The van der Waals surface area contributed by atoms with Crippen LogP contribution in [0.2, 0.25) is 0 Å². The van der Waals surface area contributed by atoms with E-state index in [0.717, 1.165) is 13.1 Å². The zero-order valence-corrected chi connectivity index (χ0v) is 14.4. The first-order chi connectivity index (χ1) is 12.1. The molecule has 0 radical (unpaired) electrons. The second-order valence-corrected chi connectivity index (χ2v) is 6.47. The van der Waals surface area contributed by atoms with E-state index in [2.05, 4.69) is 10.2 Å². The molecule has 5 nitrogen and oxygen atoms in total. The van der Waals surface area contributed by atoms with Crippen LogP contribution >= 0.6 is 0 Å². The molecular weight excluding hydrogens is 314 g/mol. The number of hydrogen-bond acceptors (Lipinski definition) is 3. The fourth-order valence-electron chi connectivity index (χ4n) is 2.90. The SMILES string of the molecule is CNC(=O)c1ccc(CN(Cc2ccc(C(N)=O)cc2)C2CC2)cc1. The Morgan fingerprint density at radius 2 is 1.44 bits per heavy atom. The molecule has 0 unspecified atom stereocenters. The minimum Gasteiger partial charge on any atom is -0.366 e. The summed E-state index contributed by atoms with van der Waals surface area (Å²) in [5.41, 5.74) is 8.85. The van der Waals surface area contributed by atoms with Gasteiger partial charge in [-0.3, -0.25) is 14.5 Å². The lowest BCUT2D eigenvalue weighted by molar-refractivity contribution is 0.0961. The van der Waals surface area contributed by atoms with Gasteiger partial charge in [0.25, 0.3) is 5.91 Å². The monoisotopic (exact) mass is 337 g/mol. The quantitative estimate of drug-likeness (QED) is 0.814. The number of carbonyl (C=O) groups excluding carboxylic acids is 2. The Labute approximate surface area is 147 Å². The van der Waals surface area contributed by atoms with Crippen LogP contribution in [0.4, 0.5) is 0 Å². The van der Waals surface area contributed by atoms with Gasteiger partial charge >= 0.3 is 0 Å². The first-order valence-electron chi connectivity index (χ1n) is 8.50. The molecule has 3 rings (SSSR count). The summed E-state index contributed by atoms with van der Waals surface area (Å²) >= 11 is 0. The summed E-state index contributed by atoms with van der Waals surface area (Å²) in [4.78, 5) is 25.2. The van der Waals surface area contributed by atoms with Crippen molar-refractivity contribution in [3.63, 3.8) is 0 Å². The van der Waals surface area contributed by atoms with Crippen molar-refractivity contribution in [3.8, 4) is 0 Å². The maximum atomic E-state index is 11.6. The molecule has 2 amide bonds. The molecule has 3 N–H and O–H groups in total. The van der Waals surface area contributed by atoms with Gasteiger partial charge in [-0.25, -0.2) is 0 Å². The van der Waals surface area contributed by atoms with E-state index in [-0.39, 0.29) is 5.91 Å². The van der Waals surface area contributed by atoms with Crippen LogP contribution in [0, 0.1) is 0 Å². The maximum Gasteiger partial charge on any atom is 0.251 e. The topological polar surface area (TPSA) is 75.4 Å². The number of primary amides is 1. The summed E-state index contributed by atoms with van der Waals surface area (Å²) in [7, 11) is 1.63. The minimum atomic E-state index is -0.401. The van der Waals surface area contributed by atoms with Crippen LogP contribution in [-0.4, -0.2) is 29.8 Å². The molecule has 1 aliphatic carbocycles. The highest BCUT2D eigenvalue weighted by Gasteiger charge is 2.28. The summed E-state index contributed by atoms with van der Waals surface area (Å²) in [6, 6.07) is 15.8. The number of hydrogen-bond donors (Lipinski definition) is 2. The molecule has 130 valence electrons. The van der Waals surface area contributed by atoms with E-state index in [1.54, 1.807) is 19.2 Å². The molecule has 1 aliphatic rings. The molecular formula is C20H23N3O2. The molecule has 2 aromatic rings. The number of benzene rings is 2. The molecule has 0 bridgehead atoms. The number of nitrogens with zero attached hydrogens (tertiary/aromatic N) is 1. The van der Waals surface area contributed by atoms with Gasteiger partial charge in [0.15, 0.2) is 0 Å². The standard InChI is InChI=1S/C20H23N3O2/c1-22-20(25)17-8-4-15(5-9-17)13-23(18-10-11-18)12-14-2-6-16(7-3-14)19(21)24/h2-9,18H,10-13H2,1H3,(H2,21,24)(H,22,25). The zero-order valence-electron chi connectivity index (χ0n) is 14.4. The summed E-state index contributed by atoms with van der Waals surface area (Å²) < 4.78 is 0. The molecule has 25 heavy (non-hydrogen) atoms. The maximum absolute atomic E-state index is 11.6. The Kier molecular flexibility index (Phi) is 5.14. The van der Waals surface area contributed by atoms with Crippen LogP contribution in [0.1, 0.15) is 44.7 Å². The first-order valence-corrected chi connectivity index (χ1v) is 8.50. The molecule has 0 atom stereocenters. The number of nitrogens with two attached hydrogens (primary N) is 1. The van der Waals surface area contributed by atoms with E-state index in [1.807, 2.05) is 36.4 Å². The van der Waals surface area contributed by atoms with Crippen molar-refractivity contribution in [2.45, 2.75) is 32.0 Å². The van der Waals surface area contributed by atoms with Crippen molar-refractivity contribution in [1.29, 1.82) is 0 Å². The van der Waals surface area contributed by atoms with Crippen molar-refractivity contribution in [2.75, 3.05) is 7.05 Å². The molecule has 2 aromatic carbocycles. The van der Waals surface area contributed by atoms with Gasteiger partial charge in [-0.1, -0.05) is 24.3 Å². The highest BCUT2D eigenvalue weighted by Crippen LogP contribution is 2.30. The molecule has 0 aliphatic heterocycles. The molecule has 0 spiro atoms. The zero-order chi connectivity index (χ0) is 17.8. The van der Waals surface area contributed by atoms with E-state index in [9.17, 15) is 9.59 Å². The molecule has 1 fully saturated rings. The third-order valence-corrected chi connectivity index (χ3v) is 4.52. The lowest BCUT2D eigenvalue weighted by atomic mass is 10.1. The molecule has 1 saturated carbocycles. The predicted octanol–water partition coefficient (Wildman–Crippen LogP) is 2.31. The van der Waals surface area contributed by atoms with Crippen LogP contribution in [0.25, 0.3) is 0 Å². The normalized spacial score (nSPS) is 13.7. The van der Waals surface area contributed by atoms with E-state index < -0.39 is 5.91 Å². The molecule has 0 aromatic heterocycles. The Morgan fingerprint density at radius 1 is 0.960 bits per heavy atom. The van der Waals surface area contributed by atoms with Gasteiger partial charge in [0.1, 0.15) is 0 Å². The van der Waals surface area contributed by atoms with E-state index >= 15 is 0 Å². The van der Waals surface area contributed by atoms with Gasteiger partial charge in [0, 0.05) is 37.3 Å². The van der Waals surface area contributed by atoms with Crippen LogP contribution < -0.4 is 11.1 Å². The Hall–Kier alpha value is -2.66. The minimum absolute atomic E-state index is 0.0693. The summed E-state index contributed by atoms with van der Waals surface area (Å²) in [5, 5.41) is 2.63. The van der Waals surface area contributed by atoms with Gasteiger partial charge < -0.3 is 11.1 Å². The van der Waals surface area contributed by atoms with Crippen LogP contribution in [0.5, 0.6) is 0 Å². The Balaban J connectivity index is 1.67. The summed E-state index contributed by atoms with van der Waals surface area (Å²) in [5.74, 6) is -0.470. The van der Waals surface area contributed by atoms with Gasteiger partial charge in [-0.2, -0.15) is 0 Å². The fourth-order valence-corrected chi connectivity index (χ4v) is 2.90. The third kappa shape index (κ3) is 4.45. The van der Waals surface area contributed by atoms with Gasteiger partial charge in [0.2, 0.25) is 5.91 Å². The molecule has 0 saturated heterocycles. The Morgan fingerprint density at radius 3 is 1.84 bits per heavy atom. The van der Waals surface area contributed by atoms with Crippen LogP contribution in [0.15, 0.2) is 48.5 Å². The first kappa shape index (κ1) is 17.2. The average Bonchev–Trinajstić information content (AvgIpc) is 3.46. The van der Waals surface area contributed by atoms with Gasteiger partial charge in [-0.15, -0.1) is 0 Å². The smallest absolute Gasteiger partial charge is 0.251 e. The number of rotatable bonds is 7. The van der Waals surface area contributed by atoms with Crippen molar-refractivity contribution >= 4 is 11.8 Å². The predicted molar refractivity (Wildman–Crippen MR) is 97.1 cm³/mol. The van der Waals surface area contributed by atoms with E-state index in [4.69, 9.17) is 5.73 Å². The van der Waals surface area contributed by atoms with Crippen LogP contribution in [0.3, 0.4) is 0 Å². The van der Waals surface area contributed by atoms with Crippen LogP contribution in [-0.2, 0) is 13.1 Å². The highest BCUT2D eigenvalue weighted by molar-refractivity contribution is 5.94. The van der Waals surface area contributed by atoms with E-state index in [0.29, 0.717) is 17.2 Å². The third-order valence-electron chi connectivity index (χ3n) is 4.52. The van der Waals surface area contributed by atoms with Gasteiger partial charge in [-0.05, 0) is 48.2 Å². The summed E-state index contributed by atoms with van der Waals surface area (Å²) in [6.45, 7) is 1.68. The fraction of sp³-hybridized carbons (Fsp3) is 0.300.